The second-order valence-corrected chi connectivity index (χ2v) is 8.13. The topological polar surface area (TPSA) is 60.7 Å². The zero-order chi connectivity index (χ0) is 18.8. The van der Waals surface area contributed by atoms with E-state index in [1.807, 2.05) is 12.1 Å². The van der Waals surface area contributed by atoms with Gasteiger partial charge in [-0.1, -0.05) is 24.2 Å². The molecule has 1 saturated carbocycles. The summed E-state index contributed by atoms with van der Waals surface area (Å²) in [6.07, 6.45) is 7.19. The Bertz CT molecular complexity index is 968. The predicted octanol–water partition coefficient (Wildman–Crippen LogP) is 4.55. The number of rotatable bonds is 4. The zero-order valence-corrected chi connectivity index (χ0v) is 16.4. The van der Waals surface area contributed by atoms with E-state index >= 15 is 0 Å². The van der Waals surface area contributed by atoms with Crippen LogP contribution in [0.5, 0.6) is 0 Å². The smallest absolute Gasteiger partial charge is 0.196 e. The molecule has 27 heavy (non-hydrogen) atoms. The van der Waals surface area contributed by atoms with Crippen LogP contribution >= 0.6 is 11.8 Å². The SMILES string of the molecule is Cc1ccc(-n2c(S[C@@H]3CCCCC3=O)nnc2-c2ccncc2)cc1C. The van der Waals surface area contributed by atoms with Crippen molar-refractivity contribution in [3.05, 3.63) is 53.9 Å². The van der Waals surface area contributed by atoms with Crippen LogP contribution in [-0.2, 0) is 4.79 Å². The standard InChI is InChI=1S/C21H22N4OS/c1-14-7-8-17(13-15(14)2)25-20(16-9-11-22-12-10-16)23-24-21(25)27-19-6-4-3-5-18(19)26/h7-13,19H,3-6H2,1-2H3/t19-/m1/s1. The molecule has 0 amide bonds. The molecule has 0 unspecified atom stereocenters. The van der Waals surface area contributed by atoms with Crippen LogP contribution in [0.2, 0.25) is 0 Å². The highest BCUT2D eigenvalue weighted by Gasteiger charge is 2.27. The van der Waals surface area contributed by atoms with Crippen molar-refractivity contribution in [3.63, 3.8) is 0 Å². The normalized spacial score (nSPS) is 17.3. The summed E-state index contributed by atoms with van der Waals surface area (Å²) in [7, 11) is 0. The number of carbonyl (C=O) groups is 1. The number of pyridine rings is 1. The van der Waals surface area contributed by atoms with Gasteiger partial charge >= 0.3 is 0 Å². The fourth-order valence-corrected chi connectivity index (χ4v) is 4.51. The number of aromatic nitrogens is 4. The van der Waals surface area contributed by atoms with Gasteiger partial charge in [-0.3, -0.25) is 14.3 Å². The molecule has 0 saturated heterocycles. The molecular weight excluding hydrogens is 356 g/mol. The minimum absolute atomic E-state index is 0.0291. The number of nitrogens with zero attached hydrogens (tertiary/aromatic N) is 4. The Kier molecular flexibility index (Phi) is 5.07. The number of carbonyl (C=O) groups excluding carboxylic acids is 1. The first-order valence-electron chi connectivity index (χ1n) is 9.26. The molecule has 1 aliphatic rings. The highest BCUT2D eigenvalue weighted by molar-refractivity contribution is 8.00. The Morgan fingerprint density at radius 3 is 2.59 bits per heavy atom. The van der Waals surface area contributed by atoms with Crippen LogP contribution in [0.3, 0.4) is 0 Å². The molecule has 2 aromatic heterocycles. The minimum atomic E-state index is -0.0291. The van der Waals surface area contributed by atoms with E-state index in [9.17, 15) is 4.79 Å². The van der Waals surface area contributed by atoms with Crippen molar-refractivity contribution in [2.75, 3.05) is 0 Å². The van der Waals surface area contributed by atoms with Gasteiger partial charge in [0.2, 0.25) is 0 Å². The van der Waals surface area contributed by atoms with Gasteiger partial charge in [-0.2, -0.15) is 0 Å². The summed E-state index contributed by atoms with van der Waals surface area (Å²) in [6, 6.07) is 10.2. The largest absolute Gasteiger partial charge is 0.298 e. The summed E-state index contributed by atoms with van der Waals surface area (Å²) in [4.78, 5) is 16.4. The van der Waals surface area contributed by atoms with Gasteiger partial charge in [-0.15, -0.1) is 10.2 Å². The highest BCUT2D eigenvalue weighted by Crippen LogP contribution is 2.34. The van der Waals surface area contributed by atoms with Gasteiger partial charge in [0.25, 0.3) is 0 Å². The molecule has 0 bridgehead atoms. The van der Waals surface area contributed by atoms with Gasteiger partial charge < -0.3 is 0 Å². The van der Waals surface area contributed by atoms with E-state index in [0.717, 1.165) is 41.5 Å². The molecule has 1 atom stereocenters. The van der Waals surface area contributed by atoms with Crippen molar-refractivity contribution in [1.82, 2.24) is 19.7 Å². The Morgan fingerprint density at radius 2 is 1.85 bits per heavy atom. The maximum Gasteiger partial charge on any atom is 0.196 e. The Labute approximate surface area is 163 Å². The van der Waals surface area contributed by atoms with E-state index in [-0.39, 0.29) is 5.25 Å². The number of thioether (sulfide) groups is 1. The summed E-state index contributed by atoms with van der Waals surface area (Å²) >= 11 is 1.54. The Balaban J connectivity index is 1.80. The number of aryl methyl sites for hydroxylation is 2. The summed E-state index contributed by atoms with van der Waals surface area (Å²) in [6.45, 7) is 4.21. The van der Waals surface area contributed by atoms with E-state index in [1.54, 1.807) is 24.2 Å². The average Bonchev–Trinajstić information content (AvgIpc) is 3.10. The summed E-state index contributed by atoms with van der Waals surface area (Å²) in [5, 5.41) is 9.65. The monoisotopic (exact) mass is 378 g/mol. The third kappa shape index (κ3) is 3.67. The molecule has 5 nitrogen and oxygen atoms in total. The van der Waals surface area contributed by atoms with Gasteiger partial charge in [-0.25, -0.2) is 0 Å². The molecule has 0 spiro atoms. The number of Topliss-reactive ketones (excluding diaryl/α,β-unsaturated/α-hetero) is 1. The van der Waals surface area contributed by atoms with Crippen molar-refractivity contribution in [3.8, 4) is 17.1 Å². The van der Waals surface area contributed by atoms with Crippen molar-refractivity contribution >= 4 is 17.5 Å². The second kappa shape index (κ2) is 7.64. The van der Waals surface area contributed by atoms with E-state index in [2.05, 4.69) is 51.8 Å². The lowest BCUT2D eigenvalue weighted by atomic mass is 9.99. The first kappa shape index (κ1) is 17.9. The van der Waals surface area contributed by atoms with Crippen LogP contribution in [0.1, 0.15) is 36.8 Å². The number of hydrogen-bond donors (Lipinski definition) is 0. The lowest BCUT2D eigenvalue weighted by Crippen LogP contribution is -2.21. The molecule has 4 rings (SSSR count). The van der Waals surface area contributed by atoms with Crippen LogP contribution in [-0.4, -0.2) is 30.8 Å². The zero-order valence-electron chi connectivity index (χ0n) is 15.6. The summed E-state index contributed by atoms with van der Waals surface area (Å²) < 4.78 is 2.06. The van der Waals surface area contributed by atoms with Crippen molar-refractivity contribution in [1.29, 1.82) is 0 Å². The Morgan fingerprint density at radius 1 is 1.04 bits per heavy atom. The van der Waals surface area contributed by atoms with Crippen molar-refractivity contribution in [2.45, 2.75) is 49.9 Å². The van der Waals surface area contributed by atoms with Crippen molar-refractivity contribution < 1.29 is 4.79 Å². The molecule has 3 aromatic rings. The summed E-state index contributed by atoms with van der Waals surface area (Å²) in [5.41, 5.74) is 4.43. The van der Waals surface area contributed by atoms with Gasteiger partial charge in [-0.05, 0) is 62.1 Å². The second-order valence-electron chi connectivity index (χ2n) is 6.96. The summed E-state index contributed by atoms with van der Waals surface area (Å²) in [5.74, 6) is 1.10. The van der Waals surface area contributed by atoms with Gasteiger partial charge in [0.05, 0.1) is 10.9 Å². The molecule has 138 valence electrons. The molecule has 6 heteroatoms. The van der Waals surface area contributed by atoms with E-state index < -0.39 is 0 Å². The maximum atomic E-state index is 12.3. The molecule has 1 aromatic carbocycles. The third-order valence-electron chi connectivity index (χ3n) is 5.07. The molecule has 1 aliphatic carbocycles. The van der Waals surface area contributed by atoms with E-state index in [1.165, 1.54) is 11.1 Å². The Hall–Kier alpha value is -2.47. The molecule has 0 radical (unpaired) electrons. The van der Waals surface area contributed by atoms with Crippen LogP contribution in [0, 0.1) is 13.8 Å². The number of ketones is 1. The third-order valence-corrected chi connectivity index (χ3v) is 6.32. The lowest BCUT2D eigenvalue weighted by molar-refractivity contribution is -0.119. The van der Waals surface area contributed by atoms with Gasteiger partial charge in [0.15, 0.2) is 11.0 Å². The molecule has 2 heterocycles. The predicted molar refractivity (Wildman–Crippen MR) is 107 cm³/mol. The fraction of sp³-hybridized carbons (Fsp3) is 0.333. The average molecular weight is 379 g/mol. The van der Waals surface area contributed by atoms with E-state index in [0.29, 0.717) is 12.2 Å². The minimum Gasteiger partial charge on any atom is -0.298 e. The first-order chi connectivity index (χ1) is 13.1. The van der Waals surface area contributed by atoms with Crippen LogP contribution in [0.25, 0.3) is 17.1 Å². The molecule has 0 N–H and O–H groups in total. The van der Waals surface area contributed by atoms with Crippen LogP contribution in [0.15, 0.2) is 47.9 Å². The molecular formula is C21H22N4OS. The fourth-order valence-electron chi connectivity index (χ4n) is 3.33. The van der Waals surface area contributed by atoms with Crippen molar-refractivity contribution in [2.24, 2.45) is 0 Å². The number of benzene rings is 1. The van der Waals surface area contributed by atoms with E-state index in [4.69, 9.17) is 0 Å². The van der Waals surface area contributed by atoms with Crippen LogP contribution in [0.4, 0.5) is 0 Å². The number of hydrogen-bond acceptors (Lipinski definition) is 5. The van der Waals surface area contributed by atoms with Gasteiger partial charge in [0, 0.05) is 24.4 Å². The quantitative estimate of drug-likeness (QED) is 0.666. The first-order valence-corrected chi connectivity index (χ1v) is 10.1. The molecule has 1 fully saturated rings. The highest BCUT2D eigenvalue weighted by atomic mass is 32.2. The van der Waals surface area contributed by atoms with Gasteiger partial charge in [0.1, 0.15) is 5.78 Å². The lowest BCUT2D eigenvalue weighted by Gasteiger charge is -2.20. The maximum absolute atomic E-state index is 12.3. The van der Waals surface area contributed by atoms with Crippen LogP contribution < -0.4 is 0 Å². The molecule has 0 aliphatic heterocycles.